The van der Waals surface area contributed by atoms with Gasteiger partial charge in [-0.1, -0.05) is 78.5 Å². The van der Waals surface area contributed by atoms with E-state index in [1.165, 1.54) is 22.4 Å². The number of carbonyl (C=O) groups is 1. The van der Waals surface area contributed by atoms with Gasteiger partial charge in [-0.2, -0.15) is 13.2 Å². The number of hydrogen-bond acceptors (Lipinski definition) is 3. The van der Waals surface area contributed by atoms with Crippen LogP contribution in [0.25, 0.3) is 10.8 Å². The van der Waals surface area contributed by atoms with Gasteiger partial charge in [0.05, 0.1) is 15.3 Å². The molecule has 208 valence electrons. The first-order valence-electron chi connectivity index (χ1n) is 13.6. The minimum Gasteiger partial charge on any atom is -0.479 e. The zero-order chi connectivity index (χ0) is 28.7. The zero-order valence-electron chi connectivity index (χ0n) is 21.9. The van der Waals surface area contributed by atoms with E-state index in [9.17, 15) is 27.9 Å². The van der Waals surface area contributed by atoms with E-state index in [-0.39, 0.29) is 12.3 Å². The third kappa shape index (κ3) is 3.62. The highest BCUT2D eigenvalue weighted by atomic mass is 32.2. The monoisotopic (exact) mass is 573 g/mol. The van der Waals surface area contributed by atoms with E-state index in [0.717, 1.165) is 52.4 Å². The van der Waals surface area contributed by atoms with E-state index in [0.29, 0.717) is 17.0 Å². The molecule has 7 rings (SSSR count). The summed E-state index contributed by atoms with van der Waals surface area (Å²) >= 11 is 1.30. The summed E-state index contributed by atoms with van der Waals surface area (Å²) in [5.74, 6) is -1.53. The predicted molar refractivity (Wildman–Crippen MR) is 153 cm³/mol. The average Bonchev–Trinajstić information content (AvgIpc) is 3.74. The van der Waals surface area contributed by atoms with Crippen LogP contribution in [0.2, 0.25) is 0 Å². The third-order valence-electron chi connectivity index (χ3n) is 9.13. The Labute approximate surface area is 238 Å². The number of thioether (sulfide) groups is 1. The summed E-state index contributed by atoms with van der Waals surface area (Å²) in [6, 6.07) is 20.8. The molecule has 8 heteroatoms. The first-order chi connectivity index (χ1) is 19.6. The average molecular weight is 574 g/mol. The molecule has 2 saturated carbocycles. The van der Waals surface area contributed by atoms with Gasteiger partial charge in [-0.3, -0.25) is 9.36 Å². The summed E-state index contributed by atoms with van der Waals surface area (Å²) in [4.78, 5) is 27.0. The van der Waals surface area contributed by atoms with E-state index in [4.69, 9.17) is 0 Å². The summed E-state index contributed by atoms with van der Waals surface area (Å²) in [5.41, 5.74) is 0.525. The maximum atomic E-state index is 13.9. The van der Waals surface area contributed by atoms with E-state index < -0.39 is 39.5 Å². The molecule has 3 aromatic carbocycles. The van der Waals surface area contributed by atoms with Crippen molar-refractivity contribution in [3.63, 3.8) is 0 Å². The highest BCUT2D eigenvalue weighted by Gasteiger charge is 2.75. The van der Waals surface area contributed by atoms with Crippen LogP contribution in [-0.4, -0.2) is 20.4 Å². The Kier molecular flexibility index (Phi) is 5.65. The van der Waals surface area contributed by atoms with Crippen LogP contribution in [0.15, 0.2) is 95.3 Å². The number of alkyl halides is 3. The lowest BCUT2D eigenvalue weighted by Crippen LogP contribution is -2.68. The van der Waals surface area contributed by atoms with Crippen molar-refractivity contribution in [3.8, 4) is 0 Å². The molecule has 4 aromatic rings. The number of halogens is 3. The molecule has 0 radical (unpaired) electrons. The number of aromatic nitrogens is 1. The maximum Gasteiger partial charge on any atom is 0.416 e. The molecule has 2 heterocycles. The number of fused-ring (bicyclic) bond motifs is 4. The largest absolute Gasteiger partial charge is 0.479 e. The lowest BCUT2D eigenvalue weighted by atomic mass is 9.55. The van der Waals surface area contributed by atoms with Crippen LogP contribution in [-0.2, 0) is 22.9 Å². The van der Waals surface area contributed by atoms with E-state index in [1.54, 1.807) is 18.2 Å². The van der Waals surface area contributed by atoms with Crippen molar-refractivity contribution in [2.45, 2.75) is 59.0 Å². The van der Waals surface area contributed by atoms with Crippen molar-refractivity contribution < 1.29 is 23.1 Å². The number of nitrogens with zero attached hydrogens (tertiary/aromatic N) is 1. The molecule has 0 spiro atoms. The van der Waals surface area contributed by atoms with Gasteiger partial charge < -0.3 is 5.11 Å². The normalized spacial score (nSPS) is 24.9. The molecule has 3 aliphatic rings. The summed E-state index contributed by atoms with van der Waals surface area (Å²) in [5, 5.41) is 13.5. The summed E-state index contributed by atoms with van der Waals surface area (Å²) in [7, 11) is 0. The van der Waals surface area contributed by atoms with Gasteiger partial charge in [0.25, 0.3) is 5.56 Å². The van der Waals surface area contributed by atoms with Gasteiger partial charge in [-0.05, 0) is 70.7 Å². The van der Waals surface area contributed by atoms with Gasteiger partial charge in [-0.15, -0.1) is 6.58 Å². The third-order valence-corrected chi connectivity index (χ3v) is 10.9. The van der Waals surface area contributed by atoms with Crippen LogP contribution in [0, 0.1) is 0 Å². The predicted octanol–water partition coefficient (Wildman–Crippen LogP) is 7.49. The molecule has 0 amide bonds. The Morgan fingerprint density at radius 2 is 1.78 bits per heavy atom. The Balaban J connectivity index is 1.39. The molecular weight excluding hydrogens is 547 g/mol. The summed E-state index contributed by atoms with van der Waals surface area (Å²) in [6.07, 6.45) is -0.576. The number of rotatable bonds is 6. The van der Waals surface area contributed by atoms with E-state index in [2.05, 4.69) is 12.6 Å². The fraction of sp³-hybridized carbons (Fsp3) is 0.273. The van der Waals surface area contributed by atoms with Gasteiger partial charge in [0, 0.05) is 12.0 Å². The standard InChI is InChI=1S/C33H26F3NO3S/c1-2-32-26(22-10-6-11-24(16-22)33(34,35)36)18-31(32,30(39)40)37-27(38)17-23(28(20-13-14-20)29(37)41-32)15-21-9-5-8-19-7-3-4-12-25(19)21/h2-12,16-17,20,26H,1,13-15,18H2,(H,39,40)/t26-,31?,32?/m1/s1. The van der Waals surface area contributed by atoms with Gasteiger partial charge >= 0.3 is 12.1 Å². The molecule has 2 aliphatic carbocycles. The fourth-order valence-electron chi connectivity index (χ4n) is 7.06. The number of pyridine rings is 1. The number of carboxylic acid groups (broad SMARTS) is 1. The molecule has 1 aromatic heterocycles. The van der Waals surface area contributed by atoms with Crippen LogP contribution in [0.3, 0.4) is 0 Å². The van der Waals surface area contributed by atoms with Crippen molar-refractivity contribution in [1.29, 1.82) is 0 Å². The molecule has 2 fully saturated rings. The lowest BCUT2D eigenvalue weighted by Gasteiger charge is -2.56. The van der Waals surface area contributed by atoms with E-state index in [1.807, 2.05) is 36.4 Å². The second-order valence-electron chi connectivity index (χ2n) is 11.3. The molecule has 1 aliphatic heterocycles. The lowest BCUT2D eigenvalue weighted by molar-refractivity contribution is -0.155. The molecule has 3 atom stereocenters. The molecule has 2 unspecified atom stereocenters. The fourth-order valence-corrected chi connectivity index (χ4v) is 9.00. The first-order valence-corrected chi connectivity index (χ1v) is 14.4. The Morgan fingerprint density at radius 3 is 2.49 bits per heavy atom. The highest BCUT2D eigenvalue weighted by Crippen LogP contribution is 2.71. The summed E-state index contributed by atoms with van der Waals surface area (Å²) < 4.78 is 40.9. The van der Waals surface area contributed by atoms with Crippen molar-refractivity contribution in [1.82, 2.24) is 4.57 Å². The number of carboxylic acids is 1. The number of benzene rings is 3. The highest BCUT2D eigenvalue weighted by molar-refractivity contribution is 8.01. The molecule has 41 heavy (non-hydrogen) atoms. The van der Waals surface area contributed by atoms with E-state index >= 15 is 0 Å². The van der Waals surface area contributed by atoms with Crippen LogP contribution < -0.4 is 5.56 Å². The van der Waals surface area contributed by atoms with Crippen molar-refractivity contribution in [2.24, 2.45) is 0 Å². The quantitative estimate of drug-likeness (QED) is 0.243. The van der Waals surface area contributed by atoms with Crippen molar-refractivity contribution in [2.75, 3.05) is 0 Å². The molecular formula is C33H26F3NO3S. The summed E-state index contributed by atoms with van der Waals surface area (Å²) in [6.45, 7) is 4.00. The van der Waals surface area contributed by atoms with Gasteiger partial charge in [0.1, 0.15) is 0 Å². The molecule has 0 bridgehead atoms. The number of hydrogen-bond donors (Lipinski definition) is 1. The zero-order valence-corrected chi connectivity index (χ0v) is 22.8. The van der Waals surface area contributed by atoms with Gasteiger partial charge in [0.15, 0.2) is 5.54 Å². The Hall–Kier alpha value is -3.78. The SMILES string of the molecule is C=CC12Sc3c(C4CC4)c(Cc4cccc5ccccc45)cc(=O)n3C1(C(=O)O)C[C@@H]2c1cccc(C(F)(F)F)c1. The van der Waals surface area contributed by atoms with Crippen LogP contribution in [0.1, 0.15) is 58.9 Å². The minimum atomic E-state index is -4.52. The second kappa shape index (κ2) is 8.86. The Morgan fingerprint density at radius 1 is 1.05 bits per heavy atom. The molecule has 1 N–H and O–H groups in total. The van der Waals surface area contributed by atoms with Crippen LogP contribution in [0.4, 0.5) is 13.2 Å². The van der Waals surface area contributed by atoms with Gasteiger partial charge in [0.2, 0.25) is 0 Å². The maximum absolute atomic E-state index is 13.9. The first kappa shape index (κ1) is 26.1. The molecule has 4 nitrogen and oxygen atoms in total. The smallest absolute Gasteiger partial charge is 0.416 e. The van der Waals surface area contributed by atoms with Crippen LogP contribution >= 0.6 is 11.8 Å². The Bertz CT molecular complexity index is 1820. The minimum absolute atomic E-state index is 0.00233. The van der Waals surface area contributed by atoms with Crippen molar-refractivity contribution >= 4 is 28.5 Å². The van der Waals surface area contributed by atoms with Gasteiger partial charge in [-0.25, -0.2) is 4.79 Å². The molecule has 0 saturated heterocycles. The number of aliphatic carboxylic acids is 1. The van der Waals surface area contributed by atoms with Crippen molar-refractivity contribution in [3.05, 3.63) is 124 Å². The second-order valence-corrected chi connectivity index (χ2v) is 12.6. The van der Waals surface area contributed by atoms with Crippen LogP contribution in [0.5, 0.6) is 0 Å². The topological polar surface area (TPSA) is 59.3 Å².